The lowest BCUT2D eigenvalue weighted by Gasteiger charge is -2.47. The highest BCUT2D eigenvalue weighted by molar-refractivity contribution is 7.89. The molecular formula is C16H23NO3S. The summed E-state index contributed by atoms with van der Waals surface area (Å²) in [5.74, 6) is 0.0625. The highest BCUT2D eigenvalue weighted by Crippen LogP contribution is 2.34. The van der Waals surface area contributed by atoms with E-state index in [1.165, 1.54) is 21.9 Å². The molecule has 0 saturated carbocycles. The molecule has 3 rings (SSSR count). The van der Waals surface area contributed by atoms with E-state index in [9.17, 15) is 13.5 Å². The van der Waals surface area contributed by atoms with Gasteiger partial charge in [0.1, 0.15) is 0 Å². The molecule has 0 unspecified atom stereocenters. The normalized spacial score (nSPS) is 21.9. The lowest BCUT2D eigenvalue weighted by Crippen LogP contribution is -2.65. The topological polar surface area (TPSA) is 57.6 Å². The third kappa shape index (κ3) is 2.51. The standard InChI is InChI=1S/C16H23NO3S/c1-12(2)16(18)10-17(11-16)21(19,20)15-8-7-13-5-3-4-6-14(13)9-15/h7-9,12,18H,3-6,10-11H2,1-2H3. The van der Waals surface area contributed by atoms with Crippen molar-refractivity contribution in [3.8, 4) is 0 Å². The number of hydrogen-bond donors (Lipinski definition) is 1. The first-order valence-corrected chi connectivity index (χ1v) is 9.11. The molecule has 1 fully saturated rings. The Morgan fingerprint density at radius 1 is 1.14 bits per heavy atom. The Hall–Kier alpha value is -0.910. The second kappa shape index (κ2) is 5.07. The Morgan fingerprint density at radius 3 is 2.38 bits per heavy atom. The minimum atomic E-state index is -3.47. The van der Waals surface area contributed by atoms with Crippen LogP contribution in [0.25, 0.3) is 0 Å². The molecule has 1 N–H and O–H groups in total. The number of aliphatic hydroxyl groups is 1. The van der Waals surface area contributed by atoms with Gasteiger partial charge in [0.2, 0.25) is 10.0 Å². The van der Waals surface area contributed by atoms with Gasteiger partial charge in [-0.2, -0.15) is 4.31 Å². The van der Waals surface area contributed by atoms with Gasteiger partial charge in [-0.1, -0.05) is 19.9 Å². The number of hydrogen-bond acceptors (Lipinski definition) is 3. The van der Waals surface area contributed by atoms with Crippen LogP contribution in [0.3, 0.4) is 0 Å². The Labute approximate surface area is 126 Å². The van der Waals surface area contributed by atoms with Gasteiger partial charge in [-0.25, -0.2) is 8.42 Å². The van der Waals surface area contributed by atoms with Crippen LogP contribution in [0.1, 0.15) is 37.8 Å². The molecule has 1 aromatic rings. The van der Waals surface area contributed by atoms with Crippen molar-refractivity contribution in [1.82, 2.24) is 4.31 Å². The highest BCUT2D eigenvalue weighted by Gasteiger charge is 2.49. The van der Waals surface area contributed by atoms with Gasteiger partial charge in [-0.05, 0) is 54.9 Å². The molecule has 2 aliphatic rings. The fraction of sp³-hybridized carbons (Fsp3) is 0.625. The summed E-state index contributed by atoms with van der Waals surface area (Å²) < 4.78 is 26.6. The van der Waals surface area contributed by atoms with Gasteiger partial charge in [-0.15, -0.1) is 0 Å². The third-order valence-electron chi connectivity index (χ3n) is 4.93. The first kappa shape index (κ1) is 15.0. The average Bonchev–Trinajstić information content (AvgIpc) is 2.43. The summed E-state index contributed by atoms with van der Waals surface area (Å²) in [6.07, 6.45) is 4.33. The van der Waals surface area contributed by atoms with E-state index in [1.807, 2.05) is 26.0 Å². The molecular weight excluding hydrogens is 286 g/mol. The lowest BCUT2D eigenvalue weighted by molar-refractivity contribution is -0.0932. The predicted octanol–water partition coefficient (Wildman–Crippen LogP) is 1.96. The molecule has 0 aromatic heterocycles. The number of aryl methyl sites for hydroxylation is 2. The second-order valence-corrected chi connectivity index (χ2v) is 8.61. The first-order valence-electron chi connectivity index (χ1n) is 7.67. The van der Waals surface area contributed by atoms with Crippen molar-refractivity contribution < 1.29 is 13.5 Å². The maximum Gasteiger partial charge on any atom is 0.243 e. The van der Waals surface area contributed by atoms with Crippen molar-refractivity contribution in [2.45, 2.75) is 50.0 Å². The van der Waals surface area contributed by atoms with Crippen molar-refractivity contribution in [3.05, 3.63) is 29.3 Å². The smallest absolute Gasteiger partial charge is 0.243 e. The molecule has 0 amide bonds. The van der Waals surface area contributed by atoms with Crippen LogP contribution in [-0.2, 0) is 22.9 Å². The van der Waals surface area contributed by atoms with Gasteiger partial charge >= 0.3 is 0 Å². The molecule has 0 atom stereocenters. The summed E-state index contributed by atoms with van der Waals surface area (Å²) in [4.78, 5) is 0.369. The Morgan fingerprint density at radius 2 is 1.76 bits per heavy atom. The predicted molar refractivity (Wildman–Crippen MR) is 81.6 cm³/mol. The van der Waals surface area contributed by atoms with E-state index in [4.69, 9.17) is 0 Å². The zero-order valence-electron chi connectivity index (χ0n) is 12.7. The monoisotopic (exact) mass is 309 g/mol. The maximum absolute atomic E-state index is 12.6. The van der Waals surface area contributed by atoms with Crippen LogP contribution in [-0.4, -0.2) is 36.5 Å². The van der Waals surface area contributed by atoms with E-state index >= 15 is 0 Å². The first-order chi connectivity index (χ1) is 9.83. The Balaban J connectivity index is 1.83. The van der Waals surface area contributed by atoms with Crippen LogP contribution in [0.4, 0.5) is 0 Å². The summed E-state index contributed by atoms with van der Waals surface area (Å²) in [5, 5.41) is 10.3. The third-order valence-corrected chi connectivity index (χ3v) is 6.72. The SMILES string of the molecule is CC(C)C1(O)CN(S(=O)(=O)c2ccc3c(c2)CCCC3)C1. The van der Waals surface area contributed by atoms with Gasteiger partial charge < -0.3 is 5.11 Å². The van der Waals surface area contributed by atoms with Crippen LogP contribution in [0.15, 0.2) is 23.1 Å². The number of nitrogens with zero attached hydrogens (tertiary/aromatic N) is 1. The molecule has 5 heteroatoms. The van der Waals surface area contributed by atoms with Gasteiger partial charge in [-0.3, -0.25) is 0 Å². The fourth-order valence-corrected chi connectivity index (χ4v) is 4.74. The number of fused-ring (bicyclic) bond motifs is 1. The summed E-state index contributed by atoms with van der Waals surface area (Å²) in [7, 11) is -3.47. The highest BCUT2D eigenvalue weighted by atomic mass is 32.2. The second-order valence-electron chi connectivity index (χ2n) is 6.67. The minimum Gasteiger partial charge on any atom is -0.387 e. The lowest BCUT2D eigenvalue weighted by atomic mass is 9.85. The molecule has 0 radical (unpaired) electrons. The molecule has 0 spiro atoms. The van der Waals surface area contributed by atoms with Crippen LogP contribution in [0.5, 0.6) is 0 Å². The van der Waals surface area contributed by atoms with E-state index in [2.05, 4.69) is 0 Å². The molecule has 4 nitrogen and oxygen atoms in total. The molecule has 1 aromatic carbocycles. The fourth-order valence-electron chi connectivity index (χ4n) is 3.12. The zero-order valence-corrected chi connectivity index (χ0v) is 13.5. The molecule has 1 aliphatic heterocycles. The number of benzene rings is 1. The van der Waals surface area contributed by atoms with E-state index in [0.29, 0.717) is 4.90 Å². The van der Waals surface area contributed by atoms with Gasteiger partial charge in [0.05, 0.1) is 10.5 Å². The van der Waals surface area contributed by atoms with Crippen molar-refractivity contribution in [3.63, 3.8) is 0 Å². The van der Waals surface area contributed by atoms with E-state index < -0.39 is 15.6 Å². The molecule has 0 bridgehead atoms. The van der Waals surface area contributed by atoms with Gasteiger partial charge in [0.15, 0.2) is 0 Å². The Bertz CT molecular complexity index is 645. The van der Waals surface area contributed by atoms with Crippen LogP contribution in [0, 0.1) is 5.92 Å². The van der Waals surface area contributed by atoms with Crippen LogP contribution >= 0.6 is 0 Å². The largest absolute Gasteiger partial charge is 0.387 e. The minimum absolute atomic E-state index is 0.0625. The van der Waals surface area contributed by atoms with E-state index in [-0.39, 0.29) is 19.0 Å². The van der Waals surface area contributed by atoms with Crippen molar-refractivity contribution >= 4 is 10.0 Å². The molecule has 116 valence electrons. The van der Waals surface area contributed by atoms with Crippen LogP contribution < -0.4 is 0 Å². The average molecular weight is 309 g/mol. The summed E-state index contributed by atoms with van der Waals surface area (Å²) in [6.45, 7) is 4.24. The van der Waals surface area contributed by atoms with Crippen molar-refractivity contribution in [1.29, 1.82) is 0 Å². The van der Waals surface area contributed by atoms with Crippen LogP contribution in [0.2, 0.25) is 0 Å². The molecule has 21 heavy (non-hydrogen) atoms. The number of rotatable bonds is 3. The molecule has 1 aliphatic carbocycles. The zero-order chi connectivity index (χ0) is 15.3. The molecule has 1 saturated heterocycles. The maximum atomic E-state index is 12.6. The quantitative estimate of drug-likeness (QED) is 0.928. The van der Waals surface area contributed by atoms with E-state index in [0.717, 1.165) is 19.3 Å². The van der Waals surface area contributed by atoms with Crippen molar-refractivity contribution in [2.75, 3.05) is 13.1 Å². The summed E-state index contributed by atoms with van der Waals surface area (Å²) in [6, 6.07) is 5.50. The Kier molecular flexibility index (Phi) is 3.62. The van der Waals surface area contributed by atoms with E-state index in [1.54, 1.807) is 6.07 Å². The number of sulfonamides is 1. The summed E-state index contributed by atoms with van der Waals surface area (Å²) >= 11 is 0. The van der Waals surface area contributed by atoms with Gasteiger partial charge in [0.25, 0.3) is 0 Å². The van der Waals surface area contributed by atoms with Crippen molar-refractivity contribution in [2.24, 2.45) is 5.92 Å². The summed E-state index contributed by atoms with van der Waals surface area (Å²) in [5.41, 5.74) is 1.57. The van der Waals surface area contributed by atoms with Gasteiger partial charge in [0, 0.05) is 13.1 Å². The molecule has 1 heterocycles. The number of β-amino-alcohol motifs (C(OH)–C–C–N with tert-alkyl or cyclic N) is 1.